The second-order valence-corrected chi connectivity index (χ2v) is 8.84. The summed E-state index contributed by atoms with van der Waals surface area (Å²) in [5.74, 6) is -8.77. The molecule has 0 bridgehead atoms. The van der Waals surface area contributed by atoms with Gasteiger partial charge in [-0.15, -0.1) is 4.80 Å². The number of carbonyl (C=O) groups is 1. The number of rotatable bonds is 4. The standard InChI is InChI=1S/C20H17BClF4N5O3/c1-19(2)20(3,4)34-21(33-19)12-15(25)13(23)11(14(24)16(12)26)18(32)30-9-7-10(22)17(27-8-9)31-28-5-6-29-31/h5-8H,1-4H3,(H,30,32). The summed E-state index contributed by atoms with van der Waals surface area (Å²) in [6.45, 7) is 6.41. The van der Waals surface area contributed by atoms with Crippen molar-refractivity contribution in [3.05, 3.63) is 58.5 Å². The second-order valence-electron chi connectivity index (χ2n) is 8.43. The van der Waals surface area contributed by atoms with E-state index in [0.29, 0.717) is 0 Å². The highest BCUT2D eigenvalue weighted by Crippen LogP contribution is 2.37. The number of pyridine rings is 1. The smallest absolute Gasteiger partial charge is 0.399 e. The second kappa shape index (κ2) is 8.33. The number of halogens is 5. The minimum Gasteiger partial charge on any atom is -0.399 e. The highest BCUT2D eigenvalue weighted by Gasteiger charge is 2.54. The zero-order valence-electron chi connectivity index (χ0n) is 18.3. The van der Waals surface area contributed by atoms with Crippen LogP contribution < -0.4 is 10.8 Å². The van der Waals surface area contributed by atoms with Gasteiger partial charge in [0, 0.05) is 0 Å². The molecule has 0 aliphatic carbocycles. The van der Waals surface area contributed by atoms with Crippen molar-refractivity contribution in [1.29, 1.82) is 0 Å². The number of carbonyl (C=O) groups excluding carboxylic acids is 1. The van der Waals surface area contributed by atoms with Crippen molar-refractivity contribution in [3.63, 3.8) is 0 Å². The number of benzene rings is 1. The van der Waals surface area contributed by atoms with Crippen LogP contribution in [0.15, 0.2) is 24.7 Å². The molecule has 1 saturated heterocycles. The largest absolute Gasteiger partial charge is 0.501 e. The molecule has 0 spiro atoms. The van der Waals surface area contributed by atoms with E-state index in [1.54, 1.807) is 27.7 Å². The first-order chi connectivity index (χ1) is 15.8. The zero-order chi connectivity index (χ0) is 25.0. The summed E-state index contributed by atoms with van der Waals surface area (Å²) in [4.78, 5) is 17.6. The summed E-state index contributed by atoms with van der Waals surface area (Å²) in [6, 6.07) is 1.20. The first-order valence-electron chi connectivity index (χ1n) is 9.89. The van der Waals surface area contributed by atoms with Crippen LogP contribution in [-0.4, -0.2) is 44.2 Å². The van der Waals surface area contributed by atoms with E-state index in [-0.39, 0.29) is 16.5 Å². The van der Waals surface area contributed by atoms with E-state index in [0.717, 1.165) is 11.0 Å². The average molecular weight is 498 g/mol. The Morgan fingerprint density at radius 3 is 2.03 bits per heavy atom. The topological polar surface area (TPSA) is 91.2 Å². The fourth-order valence-electron chi connectivity index (χ4n) is 3.18. The van der Waals surface area contributed by atoms with Gasteiger partial charge in [0.2, 0.25) is 0 Å². The summed E-state index contributed by atoms with van der Waals surface area (Å²) in [5.41, 5.74) is -4.72. The molecule has 0 radical (unpaired) electrons. The molecule has 0 unspecified atom stereocenters. The Morgan fingerprint density at radius 2 is 1.53 bits per heavy atom. The molecule has 1 N–H and O–H groups in total. The molecule has 14 heteroatoms. The van der Waals surface area contributed by atoms with Crippen LogP contribution in [0.4, 0.5) is 23.2 Å². The third-order valence-electron chi connectivity index (χ3n) is 5.70. The molecule has 178 valence electrons. The van der Waals surface area contributed by atoms with Gasteiger partial charge in [-0.1, -0.05) is 11.6 Å². The molecule has 0 saturated carbocycles. The van der Waals surface area contributed by atoms with Crippen molar-refractivity contribution in [2.24, 2.45) is 0 Å². The van der Waals surface area contributed by atoms with Gasteiger partial charge in [0.15, 0.2) is 29.1 Å². The van der Waals surface area contributed by atoms with Gasteiger partial charge in [0.25, 0.3) is 5.91 Å². The first kappa shape index (κ1) is 24.1. The van der Waals surface area contributed by atoms with E-state index in [1.807, 2.05) is 0 Å². The number of anilines is 1. The maximum Gasteiger partial charge on any atom is 0.501 e. The van der Waals surface area contributed by atoms with Gasteiger partial charge in [-0.05, 0) is 33.8 Å². The maximum atomic E-state index is 14.9. The molecule has 0 atom stereocenters. The highest BCUT2D eigenvalue weighted by molar-refractivity contribution is 6.62. The van der Waals surface area contributed by atoms with Crippen molar-refractivity contribution < 1.29 is 31.7 Å². The van der Waals surface area contributed by atoms with Crippen LogP contribution in [0.3, 0.4) is 0 Å². The van der Waals surface area contributed by atoms with E-state index in [2.05, 4.69) is 20.5 Å². The van der Waals surface area contributed by atoms with Crippen LogP contribution in [0, 0.1) is 23.3 Å². The number of aromatic nitrogens is 4. The summed E-state index contributed by atoms with van der Waals surface area (Å²) in [6.07, 6.45) is 3.87. The molecule has 1 amide bonds. The minimum atomic E-state index is -1.91. The van der Waals surface area contributed by atoms with E-state index >= 15 is 0 Å². The summed E-state index contributed by atoms with van der Waals surface area (Å²) >= 11 is 6.09. The molecular weight excluding hydrogens is 481 g/mol. The first-order valence-corrected chi connectivity index (χ1v) is 10.3. The van der Waals surface area contributed by atoms with Gasteiger partial charge in [-0.25, -0.2) is 22.5 Å². The molecule has 3 heterocycles. The lowest BCUT2D eigenvalue weighted by Gasteiger charge is -2.32. The van der Waals surface area contributed by atoms with Crippen LogP contribution in [0.1, 0.15) is 38.1 Å². The number of hydrogen-bond donors (Lipinski definition) is 1. The van der Waals surface area contributed by atoms with E-state index in [9.17, 15) is 22.4 Å². The van der Waals surface area contributed by atoms with Crippen LogP contribution in [-0.2, 0) is 9.31 Å². The number of amides is 1. The van der Waals surface area contributed by atoms with Crippen LogP contribution in [0.2, 0.25) is 5.02 Å². The Hall–Kier alpha value is -3.03. The quantitative estimate of drug-likeness (QED) is 0.337. The van der Waals surface area contributed by atoms with Crippen molar-refractivity contribution in [2.75, 3.05) is 5.32 Å². The highest BCUT2D eigenvalue weighted by atomic mass is 35.5. The lowest BCUT2D eigenvalue weighted by molar-refractivity contribution is 0.00578. The van der Waals surface area contributed by atoms with Crippen molar-refractivity contribution in [2.45, 2.75) is 38.9 Å². The molecule has 1 aromatic carbocycles. The lowest BCUT2D eigenvalue weighted by atomic mass is 9.77. The molecule has 34 heavy (non-hydrogen) atoms. The average Bonchev–Trinajstić information content (AvgIpc) is 3.33. The van der Waals surface area contributed by atoms with Crippen LogP contribution >= 0.6 is 11.6 Å². The molecule has 4 rings (SSSR count). The predicted molar refractivity (Wildman–Crippen MR) is 114 cm³/mol. The van der Waals surface area contributed by atoms with E-state index in [4.69, 9.17) is 20.9 Å². The normalized spacial score (nSPS) is 16.7. The van der Waals surface area contributed by atoms with E-state index in [1.165, 1.54) is 18.5 Å². The summed E-state index contributed by atoms with van der Waals surface area (Å²) in [5, 5.41) is 9.81. The molecule has 1 aliphatic rings. The molecular formula is C20H17BClF4N5O3. The van der Waals surface area contributed by atoms with Crippen molar-refractivity contribution in [1.82, 2.24) is 20.0 Å². The van der Waals surface area contributed by atoms with Gasteiger partial charge in [-0.2, -0.15) is 10.2 Å². The Bertz CT molecular complexity index is 1240. The van der Waals surface area contributed by atoms with Crippen molar-refractivity contribution >= 4 is 35.8 Å². The number of nitrogens with one attached hydrogen (secondary N) is 1. The SMILES string of the molecule is CC1(C)OB(c2c(F)c(F)c(C(=O)Nc3cnc(-n4nccn4)c(Cl)c3)c(F)c2F)OC1(C)C. The third-order valence-corrected chi connectivity index (χ3v) is 5.98. The molecule has 2 aromatic heterocycles. The molecule has 1 fully saturated rings. The zero-order valence-corrected chi connectivity index (χ0v) is 19.0. The minimum absolute atomic E-state index is 0.0107. The monoisotopic (exact) mass is 497 g/mol. The maximum absolute atomic E-state index is 14.9. The third kappa shape index (κ3) is 3.93. The number of nitrogens with zero attached hydrogens (tertiary/aromatic N) is 4. The van der Waals surface area contributed by atoms with Gasteiger partial charge < -0.3 is 14.6 Å². The van der Waals surface area contributed by atoms with Crippen LogP contribution in [0.5, 0.6) is 0 Å². The van der Waals surface area contributed by atoms with Gasteiger partial charge in [0.1, 0.15) is 5.56 Å². The van der Waals surface area contributed by atoms with E-state index < -0.39 is 58.5 Å². The van der Waals surface area contributed by atoms with Gasteiger partial charge in [-0.3, -0.25) is 4.79 Å². The van der Waals surface area contributed by atoms with Crippen LogP contribution in [0.25, 0.3) is 5.82 Å². The molecule has 1 aliphatic heterocycles. The molecule has 3 aromatic rings. The fraction of sp³-hybridized carbons (Fsp3) is 0.300. The Morgan fingerprint density at radius 1 is 1.00 bits per heavy atom. The van der Waals surface area contributed by atoms with Crippen molar-refractivity contribution in [3.8, 4) is 5.82 Å². The summed E-state index contributed by atoms with van der Waals surface area (Å²) < 4.78 is 70.3. The predicted octanol–water partition coefficient (Wildman–Crippen LogP) is 3.42. The Kier molecular flexibility index (Phi) is 5.90. The van der Waals surface area contributed by atoms with Gasteiger partial charge in [0.05, 0.1) is 46.0 Å². The van der Waals surface area contributed by atoms with Gasteiger partial charge >= 0.3 is 7.12 Å². The number of hydrogen-bond acceptors (Lipinski definition) is 6. The fourth-order valence-corrected chi connectivity index (χ4v) is 3.42. The lowest BCUT2D eigenvalue weighted by Crippen LogP contribution is -2.41. The Labute approximate surface area is 196 Å². The Balaban J connectivity index is 1.65. The molecule has 8 nitrogen and oxygen atoms in total. The summed E-state index contributed by atoms with van der Waals surface area (Å²) in [7, 11) is -1.72.